The van der Waals surface area contributed by atoms with E-state index in [-0.39, 0.29) is 5.91 Å². The smallest absolute Gasteiger partial charge is 0.252 e. The Labute approximate surface area is 121 Å². The zero-order valence-electron chi connectivity index (χ0n) is 11.3. The molecule has 3 rings (SSSR count). The standard InChI is InChI=1S/C14H18N4OS/c19-14(15-7-3-6-13-16-9-17-18-13)11-8-20-12-5-2-1-4-10(11)12/h8-9H,1-7H2,(H,15,19)(H,16,17,18). The normalized spacial score (nSPS) is 14.0. The minimum absolute atomic E-state index is 0.0713. The molecular formula is C14H18N4OS. The second kappa shape index (κ2) is 6.17. The maximum Gasteiger partial charge on any atom is 0.252 e. The number of carbonyl (C=O) groups excluding carboxylic acids is 1. The van der Waals surface area contributed by atoms with E-state index >= 15 is 0 Å². The molecule has 1 amide bonds. The Morgan fingerprint density at radius 1 is 1.40 bits per heavy atom. The quantitative estimate of drug-likeness (QED) is 0.829. The van der Waals surface area contributed by atoms with Gasteiger partial charge in [-0.25, -0.2) is 4.98 Å². The third-order valence-corrected chi connectivity index (χ3v) is 4.74. The van der Waals surface area contributed by atoms with E-state index < -0.39 is 0 Å². The number of carbonyl (C=O) groups is 1. The molecule has 0 spiro atoms. The molecule has 106 valence electrons. The van der Waals surface area contributed by atoms with Crippen molar-refractivity contribution in [2.45, 2.75) is 38.5 Å². The molecule has 2 heterocycles. The number of aromatic nitrogens is 3. The molecule has 0 saturated heterocycles. The van der Waals surface area contributed by atoms with Gasteiger partial charge in [-0.15, -0.1) is 11.3 Å². The fourth-order valence-corrected chi connectivity index (χ4v) is 3.71. The van der Waals surface area contributed by atoms with Crippen LogP contribution in [0.3, 0.4) is 0 Å². The van der Waals surface area contributed by atoms with E-state index in [1.165, 1.54) is 29.6 Å². The van der Waals surface area contributed by atoms with E-state index in [0.717, 1.165) is 37.1 Å². The Bertz CT molecular complexity index is 576. The number of thiophene rings is 1. The third kappa shape index (κ3) is 2.90. The summed E-state index contributed by atoms with van der Waals surface area (Å²) in [6.45, 7) is 0.671. The van der Waals surface area contributed by atoms with Crippen molar-refractivity contribution in [3.05, 3.63) is 33.5 Å². The number of hydrogen-bond donors (Lipinski definition) is 2. The molecule has 0 unspecified atom stereocenters. The fourth-order valence-electron chi connectivity index (χ4n) is 2.59. The van der Waals surface area contributed by atoms with Crippen molar-refractivity contribution in [2.24, 2.45) is 0 Å². The van der Waals surface area contributed by atoms with Gasteiger partial charge in [0.1, 0.15) is 12.2 Å². The first kappa shape index (κ1) is 13.3. The number of amides is 1. The van der Waals surface area contributed by atoms with Gasteiger partial charge in [-0.05, 0) is 37.7 Å². The van der Waals surface area contributed by atoms with Crippen molar-refractivity contribution in [3.63, 3.8) is 0 Å². The van der Waals surface area contributed by atoms with E-state index in [2.05, 4.69) is 20.5 Å². The summed E-state index contributed by atoms with van der Waals surface area (Å²) in [6.07, 6.45) is 7.83. The van der Waals surface area contributed by atoms with Gasteiger partial charge in [-0.1, -0.05) is 0 Å². The highest BCUT2D eigenvalue weighted by atomic mass is 32.1. The average molecular weight is 290 g/mol. The van der Waals surface area contributed by atoms with Crippen molar-refractivity contribution < 1.29 is 4.79 Å². The van der Waals surface area contributed by atoms with Gasteiger partial charge in [-0.3, -0.25) is 9.89 Å². The van der Waals surface area contributed by atoms with Crippen LogP contribution in [0.2, 0.25) is 0 Å². The Morgan fingerprint density at radius 2 is 2.30 bits per heavy atom. The Hall–Kier alpha value is -1.69. The molecule has 5 nitrogen and oxygen atoms in total. The summed E-state index contributed by atoms with van der Waals surface area (Å²) in [6, 6.07) is 0. The monoisotopic (exact) mass is 290 g/mol. The molecule has 0 bridgehead atoms. The number of H-pyrrole nitrogens is 1. The van der Waals surface area contributed by atoms with E-state index in [1.54, 1.807) is 11.3 Å². The van der Waals surface area contributed by atoms with Gasteiger partial charge in [0.15, 0.2) is 0 Å². The van der Waals surface area contributed by atoms with Gasteiger partial charge < -0.3 is 5.32 Å². The number of aromatic amines is 1. The Kier molecular flexibility index (Phi) is 4.11. The molecule has 6 heteroatoms. The lowest BCUT2D eigenvalue weighted by Gasteiger charge is -2.12. The molecule has 0 atom stereocenters. The number of fused-ring (bicyclic) bond motifs is 1. The summed E-state index contributed by atoms with van der Waals surface area (Å²) >= 11 is 1.73. The maximum absolute atomic E-state index is 12.2. The molecule has 0 fully saturated rings. The van der Waals surface area contributed by atoms with E-state index in [4.69, 9.17) is 0 Å². The van der Waals surface area contributed by atoms with Crippen LogP contribution in [0, 0.1) is 0 Å². The molecular weight excluding hydrogens is 272 g/mol. The van der Waals surface area contributed by atoms with Crippen LogP contribution in [-0.4, -0.2) is 27.6 Å². The second-order valence-electron chi connectivity index (χ2n) is 5.05. The molecule has 0 radical (unpaired) electrons. The molecule has 1 aliphatic carbocycles. The van der Waals surface area contributed by atoms with Crippen molar-refractivity contribution >= 4 is 17.2 Å². The largest absolute Gasteiger partial charge is 0.352 e. The first-order valence-electron chi connectivity index (χ1n) is 7.06. The SMILES string of the molecule is O=C(NCCCc1ncn[nH]1)c1csc2c1CCCC2. The van der Waals surface area contributed by atoms with Gasteiger partial charge in [0.2, 0.25) is 0 Å². The lowest BCUT2D eigenvalue weighted by Crippen LogP contribution is -2.25. The molecule has 20 heavy (non-hydrogen) atoms. The lowest BCUT2D eigenvalue weighted by molar-refractivity contribution is 0.0952. The summed E-state index contributed by atoms with van der Waals surface area (Å²) in [4.78, 5) is 17.7. The van der Waals surface area contributed by atoms with Crippen molar-refractivity contribution in [1.82, 2.24) is 20.5 Å². The highest BCUT2D eigenvalue weighted by Crippen LogP contribution is 2.30. The maximum atomic E-state index is 12.2. The Morgan fingerprint density at radius 3 is 3.15 bits per heavy atom. The summed E-state index contributed by atoms with van der Waals surface area (Å²) in [7, 11) is 0. The molecule has 2 aromatic rings. The molecule has 0 aromatic carbocycles. The van der Waals surface area contributed by atoms with Gasteiger partial charge in [0, 0.05) is 23.2 Å². The number of aryl methyl sites for hydroxylation is 2. The second-order valence-corrected chi connectivity index (χ2v) is 6.01. The zero-order valence-corrected chi connectivity index (χ0v) is 12.1. The van der Waals surface area contributed by atoms with Gasteiger partial charge in [-0.2, -0.15) is 5.10 Å². The molecule has 0 aliphatic heterocycles. The number of rotatable bonds is 5. The van der Waals surface area contributed by atoms with Crippen LogP contribution in [0.25, 0.3) is 0 Å². The Balaban J connectivity index is 1.50. The van der Waals surface area contributed by atoms with E-state index in [0.29, 0.717) is 6.54 Å². The van der Waals surface area contributed by atoms with E-state index in [9.17, 15) is 4.79 Å². The van der Waals surface area contributed by atoms with Crippen LogP contribution in [0.4, 0.5) is 0 Å². The van der Waals surface area contributed by atoms with Crippen molar-refractivity contribution in [2.75, 3.05) is 6.54 Å². The summed E-state index contributed by atoms with van der Waals surface area (Å²) in [5, 5.41) is 11.6. The summed E-state index contributed by atoms with van der Waals surface area (Å²) in [5.74, 6) is 0.939. The minimum Gasteiger partial charge on any atom is -0.352 e. The average Bonchev–Trinajstić information content (AvgIpc) is 3.12. The minimum atomic E-state index is 0.0713. The highest BCUT2D eigenvalue weighted by Gasteiger charge is 2.19. The molecule has 2 aromatic heterocycles. The highest BCUT2D eigenvalue weighted by molar-refractivity contribution is 7.10. The first-order chi connectivity index (χ1) is 9.84. The van der Waals surface area contributed by atoms with Gasteiger partial charge in [0.05, 0.1) is 5.56 Å². The number of nitrogens with zero attached hydrogens (tertiary/aromatic N) is 2. The van der Waals surface area contributed by atoms with Crippen LogP contribution in [-0.2, 0) is 19.3 Å². The predicted molar refractivity (Wildman–Crippen MR) is 78.0 cm³/mol. The topological polar surface area (TPSA) is 70.7 Å². The molecule has 2 N–H and O–H groups in total. The van der Waals surface area contributed by atoms with Crippen molar-refractivity contribution in [3.8, 4) is 0 Å². The van der Waals surface area contributed by atoms with Crippen LogP contribution in [0.5, 0.6) is 0 Å². The predicted octanol–water partition coefficient (Wildman–Crippen LogP) is 2.11. The number of hydrogen-bond acceptors (Lipinski definition) is 4. The lowest BCUT2D eigenvalue weighted by atomic mass is 9.95. The van der Waals surface area contributed by atoms with Crippen LogP contribution in [0.15, 0.2) is 11.7 Å². The third-order valence-electron chi connectivity index (χ3n) is 3.65. The fraction of sp³-hybridized carbons (Fsp3) is 0.500. The van der Waals surface area contributed by atoms with Crippen LogP contribution in [0.1, 0.15) is 45.9 Å². The summed E-state index contributed by atoms with van der Waals surface area (Å²) in [5.41, 5.74) is 2.18. The van der Waals surface area contributed by atoms with Crippen LogP contribution < -0.4 is 5.32 Å². The molecule has 0 saturated carbocycles. The first-order valence-corrected chi connectivity index (χ1v) is 7.94. The van der Waals surface area contributed by atoms with E-state index in [1.807, 2.05) is 5.38 Å². The van der Waals surface area contributed by atoms with Gasteiger partial charge >= 0.3 is 0 Å². The molecule has 1 aliphatic rings. The number of nitrogens with one attached hydrogen (secondary N) is 2. The van der Waals surface area contributed by atoms with Crippen LogP contribution >= 0.6 is 11.3 Å². The van der Waals surface area contributed by atoms with Crippen molar-refractivity contribution in [1.29, 1.82) is 0 Å². The summed E-state index contributed by atoms with van der Waals surface area (Å²) < 4.78 is 0. The zero-order chi connectivity index (χ0) is 13.8. The van der Waals surface area contributed by atoms with Gasteiger partial charge in [0.25, 0.3) is 5.91 Å².